The maximum atomic E-state index is 13.0. The normalized spacial score (nSPS) is 21.8. The van der Waals surface area contributed by atoms with E-state index in [0.717, 1.165) is 43.6 Å². The molecule has 0 N–H and O–H groups in total. The molecule has 27 heavy (non-hydrogen) atoms. The number of carbonyl (C=O) groups is 2. The molecule has 2 aliphatic heterocycles. The number of amides is 2. The highest BCUT2D eigenvalue weighted by Gasteiger charge is 2.43. The van der Waals surface area contributed by atoms with Gasteiger partial charge in [-0.3, -0.25) is 14.5 Å². The van der Waals surface area contributed by atoms with E-state index in [1.807, 2.05) is 31.2 Å². The molecular formula is C23H26N2O2. The molecule has 0 spiro atoms. The van der Waals surface area contributed by atoms with Crippen LogP contribution in [0.25, 0.3) is 0 Å². The topological polar surface area (TPSA) is 40.6 Å². The van der Waals surface area contributed by atoms with Crippen molar-refractivity contribution in [2.75, 3.05) is 18.0 Å². The number of anilines is 1. The molecule has 4 nitrogen and oxygen atoms in total. The first-order chi connectivity index (χ1) is 13.1. The smallest absolute Gasteiger partial charge is 0.251 e. The van der Waals surface area contributed by atoms with Gasteiger partial charge >= 0.3 is 0 Å². The van der Waals surface area contributed by atoms with Crippen molar-refractivity contribution in [3.63, 3.8) is 0 Å². The van der Waals surface area contributed by atoms with E-state index in [-0.39, 0.29) is 17.9 Å². The SMILES string of the molecule is Cc1ccccc1N1C(=O)C[C@H](N2CCC(Cc3ccccc3)CC2)C1=O. The van der Waals surface area contributed by atoms with Gasteiger partial charge in [0.25, 0.3) is 5.91 Å². The van der Waals surface area contributed by atoms with Crippen molar-refractivity contribution in [1.29, 1.82) is 0 Å². The van der Waals surface area contributed by atoms with Crippen LogP contribution in [-0.4, -0.2) is 35.8 Å². The monoisotopic (exact) mass is 362 g/mol. The van der Waals surface area contributed by atoms with Gasteiger partial charge in [-0.1, -0.05) is 48.5 Å². The molecule has 4 rings (SSSR count). The van der Waals surface area contributed by atoms with Gasteiger partial charge in [0.05, 0.1) is 18.2 Å². The van der Waals surface area contributed by atoms with Crippen LogP contribution in [0.3, 0.4) is 0 Å². The van der Waals surface area contributed by atoms with Gasteiger partial charge in [-0.05, 0) is 62.4 Å². The second-order valence-corrected chi connectivity index (χ2v) is 7.74. The minimum atomic E-state index is -0.296. The third-order valence-electron chi connectivity index (χ3n) is 5.94. The largest absolute Gasteiger partial charge is 0.292 e. The fraction of sp³-hybridized carbons (Fsp3) is 0.391. The summed E-state index contributed by atoms with van der Waals surface area (Å²) in [5.74, 6) is 0.518. The third-order valence-corrected chi connectivity index (χ3v) is 5.94. The number of hydrogen-bond acceptors (Lipinski definition) is 3. The highest BCUT2D eigenvalue weighted by Crippen LogP contribution is 2.31. The highest BCUT2D eigenvalue weighted by molar-refractivity contribution is 6.22. The predicted molar refractivity (Wildman–Crippen MR) is 107 cm³/mol. The molecule has 2 fully saturated rings. The van der Waals surface area contributed by atoms with E-state index in [4.69, 9.17) is 0 Å². The first-order valence-corrected chi connectivity index (χ1v) is 9.84. The molecule has 2 saturated heterocycles. The number of carbonyl (C=O) groups excluding carboxylic acids is 2. The highest BCUT2D eigenvalue weighted by atomic mass is 16.2. The Bertz CT molecular complexity index is 825. The van der Waals surface area contributed by atoms with Crippen LogP contribution in [0.2, 0.25) is 0 Å². The van der Waals surface area contributed by atoms with E-state index in [1.165, 1.54) is 10.5 Å². The summed E-state index contributed by atoms with van der Waals surface area (Å²) in [7, 11) is 0. The fourth-order valence-corrected chi connectivity index (χ4v) is 4.38. The summed E-state index contributed by atoms with van der Waals surface area (Å²) >= 11 is 0. The molecular weight excluding hydrogens is 336 g/mol. The molecule has 2 heterocycles. The summed E-state index contributed by atoms with van der Waals surface area (Å²) in [6.07, 6.45) is 3.56. The lowest BCUT2D eigenvalue weighted by atomic mass is 9.89. The average molecular weight is 362 g/mol. The van der Waals surface area contributed by atoms with Gasteiger partial charge in [0.1, 0.15) is 0 Å². The second kappa shape index (κ2) is 7.65. The lowest BCUT2D eigenvalue weighted by molar-refractivity contribution is -0.123. The summed E-state index contributed by atoms with van der Waals surface area (Å²) in [4.78, 5) is 29.2. The number of imide groups is 1. The van der Waals surface area contributed by atoms with Crippen LogP contribution in [0.5, 0.6) is 0 Å². The fourth-order valence-electron chi connectivity index (χ4n) is 4.38. The number of piperidine rings is 1. The molecule has 1 atom stereocenters. The van der Waals surface area contributed by atoms with Crippen molar-refractivity contribution in [3.8, 4) is 0 Å². The predicted octanol–water partition coefficient (Wildman–Crippen LogP) is 3.58. The Morgan fingerprint density at radius 3 is 2.30 bits per heavy atom. The van der Waals surface area contributed by atoms with Crippen LogP contribution < -0.4 is 4.90 Å². The zero-order chi connectivity index (χ0) is 18.8. The van der Waals surface area contributed by atoms with Crippen molar-refractivity contribution in [2.24, 2.45) is 5.92 Å². The molecule has 0 bridgehead atoms. The van der Waals surface area contributed by atoms with E-state index in [1.54, 1.807) is 0 Å². The Morgan fingerprint density at radius 2 is 1.59 bits per heavy atom. The number of hydrogen-bond donors (Lipinski definition) is 0. The minimum absolute atomic E-state index is 0.0594. The Kier molecular flexibility index (Phi) is 5.08. The van der Waals surface area contributed by atoms with Crippen LogP contribution in [0.1, 0.15) is 30.4 Å². The zero-order valence-corrected chi connectivity index (χ0v) is 15.8. The summed E-state index contributed by atoms with van der Waals surface area (Å²) < 4.78 is 0. The lowest BCUT2D eigenvalue weighted by Crippen LogP contribution is -2.46. The molecule has 2 aromatic rings. The average Bonchev–Trinajstić information content (AvgIpc) is 2.98. The van der Waals surface area contributed by atoms with Gasteiger partial charge < -0.3 is 0 Å². The van der Waals surface area contributed by atoms with Crippen molar-refractivity contribution >= 4 is 17.5 Å². The second-order valence-electron chi connectivity index (χ2n) is 7.74. The lowest BCUT2D eigenvalue weighted by Gasteiger charge is -2.35. The molecule has 2 amide bonds. The summed E-state index contributed by atoms with van der Waals surface area (Å²) in [6.45, 7) is 3.73. The van der Waals surface area contributed by atoms with E-state index in [2.05, 4.69) is 35.2 Å². The molecule has 0 radical (unpaired) electrons. The Morgan fingerprint density at radius 1 is 0.926 bits per heavy atom. The summed E-state index contributed by atoms with van der Waals surface area (Å²) in [5, 5.41) is 0. The molecule has 2 aromatic carbocycles. The number of para-hydroxylation sites is 1. The summed E-state index contributed by atoms with van der Waals surface area (Å²) in [6, 6.07) is 17.9. The van der Waals surface area contributed by atoms with Crippen LogP contribution in [0.4, 0.5) is 5.69 Å². The van der Waals surface area contributed by atoms with Gasteiger partial charge in [-0.15, -0.1) is 0 Å². The minimum Gasteiger partial charge on any atom is -0.292 e. The quantitative estimate of drug-likeness (QED) is 0.781. The molecule has 140 valence electrons. The van der Waals surface area contributed by atoms with Crippen molar-refractivity contribution in [3.05, 3.63) is 65.7 Å². The number of rotatable bonds is 4. The molecule has 0 aromatic heterocycles. The van der Waals surface area contributed by atoms with E-state index in [0.29, 0.717) is 12.3 Å². The number of nitrogens with zero attached hydrogens (tertiary/aromatic N) is 2. The first kappa shape index (κ1) is 17.9. The molecule has 0 saturated carbocycles. The van der Waals surface area contributed by atoms with Crippen molar-refractivity contribution < 1.29 is 9.59 Å². The van der Waals surface area contributed by atoms with Crippen molar-refractivity contribution in [2.45, 2.75) is 38.6 Å². The Hall–Kier alpha value is -2.46. The van der Waals surface area contributed by atoms with Gasteiger partial charge in [0.15, 0.2) is 0 Å². The van der Waals surface area contributed by atoms with Crippen LogP contribution in [-0.2, 0) is 16.0 Å². The first-order valence-electron chi connectivity index (χ1n) is 9.84. The van der Waals surface area contributed by atoms with Gasteiger partial charge in [0, 0.05) is 0 Å². The van der Waals surface area contributed by atoms with E-state index < -0.39 is 0 Å². The van der Waals surface area contributed by atoms with Gasteiger partial charge in [0.2, 0.25) is 5.91 Å². The van der Waals surface area contributed by atoms with Gasteiger partial charge in [-0.25, -0.2) is 4.90 Å². The van der Waals surface area contributed by atoms with E-state index in [9.17, 15) is 9.59 Å². The number of aryl methyl sites for hydroxylation is 1. The molecule has 4 heteroatoms. The molecule has 0 aliphatic carbocycles. The Balaban J connectivity index is 1.40. The molecule has 0 unspecified atom stereocenters. The van der Waals surface area contributed by atoms with Crippen LogP contribution >= 0.6 is 0 Å². The Labute approximate surface area is 160 Å². The van der Waals surface area contributed by atoms with Gasteiger partial charge in [-0.2, -0.15) is 0 Å². The standard InChI is InChI=1S/C23H26N2O2/c1-17-7-5-6-10-20(17)25-22(26)16-21(23(25)27)24-13-11-19(12-14-24)15-18-8-3-2-4-9-18/h2-10,19,21H,11-16H2,1H3/t21-/m0/s1. The van der Waals surface area contributed by atoms with Crippen LogP contribution in [0.15, 0.2) is 54.6 Å². The maximum Gasteiger partial charge on any atom is 0.251 e. The maximum absolute atomic E-state index is 13.0. The van der Waals surface area contributed by atoms with E-state index >= 15 is 0 Å². The van der Waals surface area contributed by atoms with Crippen molar-refractivity contribution in [1.82, 2.24) is 4.90 Å². The zero-order valence-electron chi connectivity index (χ0n) is 15.8. The number of likely N-dealkylation sites (tertiary alicyclic amines) is 1. The molecule has 2 aliphatic rings. The van der Waals surface area contributed by atoms with Crippen LogP contribution in [0, 0.1) is 12.8 Å². The third kappa shape index (κ3) is 3.67. The summed E-state index contributed by atoms with van der Waals surface area (Å²) in [5.41, 5.74) is 3.07. The number of benzene rings is 2.